The normalized spacial score (nSPS) is 16.5. The second-order valence-corrected chi connectivity index (χ2v) is 22.2. The quantitative estimate of drug-likeness (QED) is 0.217. The minimum absolute atomic E-state index is 0.0465. The van der Waals surface area contributed by atoms with Crippen LogP contribution in [0.2, 0.25) is 32.7 Å². The molecule has 3 aromatic carbocycles. The van der Waals surface area contributed by atoms with Gasteiger partial charge in [0.2, 0.25) is 0 Å². The van der Waals surface area contributed by atoms with Crippen molar-refractivity contribution in [2.75, 3.05) is 15.2 Å². The van der Waals surface area contributed by atoms with E-state index in [1.165, 1.54) is 20.7 Å². The van der Waals surface area contributed by atoms with Crippen molar-refractivity contribution in [2.24, 2.45) is 0 Å². The van der Waals surface area contributed by atoms with Gasteiger partial charge in [0.1, 0.15) is 0 Å². The molecule has 0 N–H and O–H groups in total. The van der Waals surface area contributed by atoms with Gasteiger partial charge in [-0.25, -0.2) is 16.8 Å². The van der Waals surface area contributed by atoms with Gasteiger partial charge in [-0.1, -0.05) is 118 Å². The van der Waals surface area contributed by atoms with E-state index in [9.17, 15) is 16.8 Å². The Hall–Kier alpha value is -2.04. The fourth-order valence-corrected chi connectivity index (χ4v) is 16.9. The van der Waals surface area contributed by atoms with Crippen LogP contribution in [0.25, 0.3) is 0 Å². The van der Waals surface area contributed by atoms with Crippen molar-refractivity contribution in [2.45, 2.75) is 80.0 Å². The molecule has 1 atom stereocenters. The van der Waals surface area contributed by atoms with Gasteiger partial charge in [0.15, 0.2) is 0 Å². The van der Waals surface area contributed by atoms with Crippen LogP contribution in [0.3, 0.4) is 0 Å². The Labute approximate surface area is 256 Å². The van der Waals surface area contributed by atoms with E-state index < -0.39 is 34.2 Å². The minimum atomic E-state index is -4.10. The lowest BCUT2D eigenvalue weighted by Gasteiger charge is -2.50. The molecule has 0 fully saturated rings. The Morgan fingerprint density at radius 1 is 0.707 bits per heavy atom. The van der Waals surface area contributed by atoms with E-state index in [2.05, 4.69) is 41.5 Å². The Morgan fingerprint density at radius 3 is 1.56 bits per heavy atom. The molecule has 1 aliphatic heterocycles. The molecule has 0 bridgehead atoms. The molecule has 0 saturated heterocycles. The first kappa shape index (κ1) is 31.9. The summed E-state index contributed by atoms with van der Waals surface area (Å²) in [7, 11) is -10.4. The summed E-state index contributed by atoms with van der Waals surface area (Å²) in [5.74, 6) is 0. The SMILES string of the molecule is CC(C)[Si](CC1CN(S(=O)(=O)c2ccccc2)c2cc(Cl)c(Cl)cc2N1S(=O)(=O)c1ccccc1)(C(C)C)C(C)C. The van der Waals surface area contributed by atoms with Gasteiger partial charge >= 0.3 is 0 Å². The van der Waals surface area contributed by atoms with Gasteiger partial charge in [-0.15, -0.1) is 0 Å². The standard InChI is InChI=1S/C30H38Cl2N2O4S2Si/c1-21(2)41(22(3)4,23(5)6)20-24-19-33(39(35,36)25-13-9-7-10-14-25)29-17-27(31)28(32)18-30(29)34(24)40(37,38)26-15-11-8-12-16-26/h7-18,21-24H,19-20H2,1-6H3. The molecule has 1 heterocycles. The van der Waals surface area contributed by atoms with Crippen LogP contribution >= 0.6 is 23.2 Å². The molecule has 1 aliphatic rings. The van der Waals surface area contributed by atoms with E-state index in [0.29, 0.717) is 22.7 Å². The van der Waals surface area contributed by atoms with Crippen LogP contribution in [0, 0.1) is 0 Å². The lowest BCUT2D eigenvalue weighted by atomic mass is 10.1. The van der Waals surface area contributed by atoms with E-state index >= 15 is 0 Å². The van der Waals surface area contributed by atoms with Crippen molar-refractivity contribution in [3.63, 3.8) is 0 Å². The van der Waals surface area contributed by atoms with Crippen LogP contribution in [0.4, 0.5) is 11.4 Å². The third-order valence-corrected chi connectivity index (χ3v) is 20.7. The van der Waals surface area contributed by atoms with E-state index in [-0.39, 0.29) is 37.8 Å². The predicted molar refractivity (Wildman–Crippen MR) is 173 cm³/mol. The Bertz CT molecular complexity index is 1580. The van der Waals surface area contributed by atoms with Crippen molar-refractivity contribution in [1.82, 2.24) is 0 Å². The zero-order chi connectivity index (χ0) is 30.3. The second kappa shape index (κ2) is 11.9. The van der Waals surface area contributed by atoms with E-state index in [1.807, 2.05) is 0 Å². The smallest absolute Gasteiger partial charge is 0.262 e. The molecule has 0 radical (unpaired) electrons. The van der Waals surface area contributed by atoms with Gasteiger partial charge in [-0.2, -0.15) is 0 Å². The average molecular weight is 654 g/mol. The van der Waals surface area contributed by atoms with Gasteiger partial charge < -0.3 is 0 Å². The molecule has 222 valence electrons. The number of hydrogen-bond donors (Lipinski definition) is 0. The Kier molecular flexibility index (Phi) is 9.27. The van der Waals surface area contributed by atoms with Crippen LogP contribution in [-0.2, 0) is 20.0 Å². The van der Waals surface area contributed by atoms with E-state index in [4.69, 9.17) is 23.2 Å². The van der Waals surface area contributed by atoms with Crippen LogP contribution < -0.4 is 8.61 Å². The van der Waals surface area contributed by atoms with Gasteiger partial charge in [0.05, 0.1) is 51.9 Å². The molecule has 6 nitrogen and oxygen atoms in total. The number of hydrogen-bond acceptors (Lipinski definition) is 4. The molecular formula is C30H38Cl2N2O4S2Si. The Balaban J connectivity index is 2.04. The summed E-state index contributed by atoms with van der Waals surface area (Å²) in [6.07, 6.45) is 0. The molecule has 0 aliphatic carbocycles. The number of sulfonamides is 2. The number of rotatable bonds is 9. The molecule has 11 heteroatoms. The monoisotopic (exact) mass is 652 g/mol. The van der Waals surface area contributed by atoms with Crippen molar-refractivity contribution in [1.29, 1.82) is 0 Å². The number of fused-ring (bicyclic) bond motifs is 1. The summed E-state index contributed by atoms with van der Waals surface area (Å²) in [6.45, 7) is 13.3. The van der Waals surface area contributed by atoms with Gasteiger partial charge in [-0.05, 0) is 42.4 Å². The van der Waals surface area contributed by atoms with Gasteiger partial charge in [0, 0.05) is 0 Å². The molecule has 0 amide bonds. The molecule has 1 unspecified atom stereocenters. The van der Waals surface area contributed by atoms with Gasteiger partial charge in [-0.3, -0.25) is 8.61 Å². The van der Waals surface area contributed by atoms with Crippen molar-refractivity contribution < 1.29 is 16.8 Å². The van der Waals surface area contributed by atoms with Crippen LogP contribution in [-0.4, -0.2) is 37.5 Å². The highest BCUT2D eigenvalue weighted by Crippen LogP contribution is 2.51. The minimum Gasteiger partial charge on any atom is -0.262 e. The fraction of sp³-hybridized carbons (Fsp3) is 0.400. The molecule has 3 aromatic rings. The first-order valence-electron chi connectivity index (χ1n) is 13.8. The number of anilines is 2. The third kappa shape index (κ3) is 5.68. The average Bonchev–Trinajstić information content (AvgIpc) is 2.92. The summed E-state index contributed by atoms with van der Waals surface area (Å²) >= 11 is 12.9. The first-order valence-corrected chi connectivity index (χ1v) is 19.9. The zero-order valence-electron chi connectivity index (χ0n) is 24.3. The van der Waals surface area contributed by atoms with E-state index in [0.717, 1.165) is 0 Å². The second-order valence-electron chi connectivity index (χ2n) is 11.7. The highest BCUT2D eigenvalue weighted by Gasteiger charge is 2.50. The van der Waals surface area contributed by atoms with Crippen LogP contribution in [0.1, 0.15) is 41.5 Å². The maximum absolute atomic E-state index is 14.5. The Morgan fingerprint density at radius 2 is 1.12 bits per heavy atom. The van der Waals surface area contributed by atoms with Crippen LogP contribution in [0.15, 0.2) is 82.6 Å². The molecule has 0 aromatic heterocycles. The number of benzene rings is 3. The maximum Gasteiger partial charge on any atom is 0.264 e. The highest BCUT2D eigenvalue weighted by molar-refractivity contribution is 7.93. The third-order valence-electron chi connectivity index (χ3n) is 8.68. The highest BCUT2D eigenvalue weighted by atomic mass is 35.5. The lowest BCUT2D eigenvalue weighted by Crippen LogP contribution is -2.58. The maximum atomic E-state index is 14.5. The van der Waals surface area contributed by atoms with Crippen LogP contribution in [0.5, 0.6) is 0 Å². The molecular weight excluding hydrogens is 615 g/mol. The zero-order valence-corrected chi connectivity index (χ0v) is 28.4. The molecule has 0 saturated carbocycles. The predicted octanol–water partition coefficient (Wildman–Crippen LogP) is 8.45. The summed E-state index contributed by atoms with van der Waals surface area (Å²) < 4.78 is 60.1. The number of halogens is 2. The summed E-state index contributed by atoms with van der Waals surface area (Å²) in [4.78, 5) is 0.252. The number of nitrogens with zero attached hydrogens (tertiary/aromatic N) is 2. The summed E-state index contributed by atoms with van der Waals surface area (Å²) in [5, 5.41) is 0.293. The summed E-state index contributed by atoms with van der Waals surface area (Å²) in [5.41, 5.74) is 1.39. The summed E-state index contributed by atoms with van der Waals surface area (Å²) in [6, 6.07) is 19.3. The fourth-order valence-electron chi connectivity index (χ4n) is 6.70. The van der Waals surface area contributed by atoms with Gasteiger partial charge in [0.25, 0.3) is 20.0 Å². The van der Waals surface area contributed by atoms with E-state index in [1.54, 1.807) is 60.7 Å². The molecule has 0 spiro atoms. The largest absolute Gasteiger partial charge is 0.264 e. The first-order chi connectivity index (χ1) is 19.2. The molecule has 4 rings (SSSR count). The molecule has 41 heavy (non-hydrogen) atoms. The topological polar surface area (TPSA) is 74.8 Å². The van der Waals surface area contributed by atoms with Crippen molar-refractivity contribution >= 4 is 62.7 Å². The lowest BCUT2D eigenvalue weighted by molar-refractivity contribution is 0.563. The van der Waals surface area contributed by atoms with Crippen molar-refractivity contribution in [3.8, 4) is 0 Å². The van der Waals surface area contributed by atoms with Crippen molar-refractivity contribution in [3.05, 3.63) is 82.8 Å².